The highest BCUT2D eigenvalue weighted by Crippen LogP contribution is 2.14. The lowest BCUT2D eigenvalue weighted by Gasteiger charge is -2.20. The number of thiocarbonyl (C=S) groups is 1. The van der Waals surface area contributed by atoms with Crippen molar-refractivity contribution in [2.24, 2.45) is 12.8 Å². The molecule has 1 aromatic rings. The Balaban J connectivity index is 3.08. The first kappa shape index (κ1) is 14.1. The lowest BCUT2D eigenvalue weighted by atomic mass is 10.5. The van der Waals surface area contributed by atoms with Gasteiger partial charge in [0.05, 0.1) is 17.7 Å². The molecule has 0 bridgehead atoms. The molecule has 0 aromatic carbocycles. The number of hydrogen-bond donors (Lipinski definition) is 1. The average molecular weight is 276 g/mol. The standard InChI is InChI=1S/C9H16N4O2S2/c1-3-6-13(7-8(10)16)17(14,15)9-4-5-11-12(9)2/h4-5H,3,6-7H2,1-2H3,(H2,10,16). The fourth-order valence-electron chi connectivity index (χ4n) is 1.45. The summed E-state index contributed by atoms with van der Waals surface area (Å²) < 4.78 is 27.2. The Kier molecular flexibility index (Phi) is 4.61. The number of nitrogens with zero attached hydrogens (tertiary/aromatic N) is 3. The molecule has 8 heteroatoms. The number of aromatic nitrogens is 2. The van der Waals surface area contributed by atoms with Crippen molar-refractivity contribution in [1.82, 2.24) is 14.1 Å². The van der Waals surface area contributed by atoms with Gasteiger partial charge < -0.3 is 5.73 Å². The van der Waals surface area contributed by atoms with E-state index in [1.54, 1.807) is 7.05 Å². The molecule has 0 atom stereocenters. The first-order valence-electron chi connectivity index (χ1n) is 5.16. The van der Waals surface area contributed by atoms with Crippen LogP contribution in [0.1, 0.15) is 13.3 Å². The van der Waals surface area contributed by atoms with Crippen LogP contribution in [0.5, 0.6) is 0 Å². The first-order chi connectivity index (χ1) is 7.89. The van der Waals surface area contributed by atoms with E-state index >= 15 is 0 Å². The zero-order chi connectivity index (χ0) is 13.1. The minimum atomic E-state index is -3.58. The molecule has 17 heavy (non-hydrogen) atoms. The van der Waals surface area contributed by atoms with Crippen LogP contribution in [0.25, 0.3) is 0 Å². The van der Waals surface area contributed by atoms with Crippen molar-refractivity contribution < 1.29 is 8.42 Å². The van der Waals surface area contributed by atoms with Gasteiger partial charge in [-0.3, -0.25) is 4.68 Å². The van der Waals surface area contributed by atoms with Crippen molar-refractivity contribution in [1.29, 1.82) is 0 Å². The Labute approximate surface area is 106 Å². The van der Waals surface area contributed by atoms with Crippen LogP contribution in [-0.2, 0) is 17.1 Å². The zero-order valence-corrected chi connectivity index (χ0v) is 11.5. The summed E-state index contributed by atoms with van der Waals surface area (Å²) in [5.74, 6) is 0. The lowest BCUT2D eigenvalue weighted by molar-refractivity contribution is 0.442. The number of sulfonamides is 1. The third-order valence-corrected chi connectivity index (χ3v) is 4.23. The van der Waals surface area contributed by atoms with Crippen molar-refractivity contribution in [3.8, 4) is 0 Å². The largest absolute Gasteiger partial charge is 0.392 e. The summed E-state index contributed by atoms with van der Waals surface area (Å²) >= 11 is 4.77. The highest BCUT2D eigenvalue weighted by Gasteiger charge is 2.26. The molecule has 0 spiro atoms. The van der Waals surface area contributed by atoms with Gasteiger partial charge in [0.2, 0.25) is 0 Å². The molecule has 0 aliphatic rings. The molecule has 0 saturated carbocycles. The van der Waals surface area contributed by atoms with Gasteiger partial charge in [-0.05, 0) is 12.5 Å². The van der Waals surface area contributed by atoms with Crippen molar-refractivity contribution in [2.45, 2.75) is 18.4 Å². The normalized spacial score (nSPS) is 11.9. The molecular formula is C9H16N4O2S2. The second kappa shape index (κ2) is 5.56. The van der Waals surface area contributed by atoms with Gasteiger partial charge in [-0.15, -0.1) is 0 Å². The first-order valence-corrected chi connectivity index (χ1v) is 7.01. The van der Waals surface area contributed by atoms with Gasteiger partial charge in [-0.2, -0.15) is 9.40 Å². The Morgan fingerprint density at radius 1 is 1.65 bits per heavy atom. The fourth-order valence-corrected chi connectivity index (χ4v) is 3.30. The van der Waals surface area contributed by atoms with E-state index in [-0.39, 0.29) is 16.6 Å². The van der Waals surface area contributed by atoms with Crippen LogP contribution in [0.3, 0.4) is 0 Å². The van der Waals surface area contributed by atoms with Gasteiger partial charge in [0.15, 0.2) is 5.03 Å². The van der Waals surface area contributed by atoms with E-state index < -0.39 is 10.0 Å². The van der Waals surface area contributed by atoms with Crippen LogP contribution < -0.4 is 5.73 Å². The summed E-state index contributed by atoms with van der Waals surface area (Å²) in [5.41, 5.74) is 5.41. The minimum Gasteiger partial charge on any atom is -0.392 e. The quantitative estimate of drug-likeness (QED) is 0.746. The maximum absolute atomic E-state index is 12.3. The summed E-state index contributed by atoms with van der Waals surface area (Å²) in [5, 5.41) is 3.99. The molecule has 1 aromatic heterocycles. The zero-order valence-electron chi connectivity index (χ0n) is 9.83. The predicted octanol–water partition coefficient (Wildman–Crippen LogP) is 0.107. The van der Waals surface area contributed by atoms with Gasteiger partial charge in [-0.1, -0.05) is 19.1 Å². The molecule has 1 rings (SSSR count). The summed E-state index contributed by atoms with van der Waals surface area (Å²) in [4.78, 5) is 0.157. The van der Waals surface area contributed by atoms with Gasteiger partial charge >= 0.3 is 0 Å². The van der Waals surface area contributed by atoms with Crippen LogP contribution in [0.15, 0.2) is 17.3 Å². The maximum Gasteiger partial charge on any atom is 0.260 e. The molecule has 0 saturated heterocycles. The smallest absolute Gasteiger partial charge is 0.260 e. The van der Waals surface area contributed by atoms with Crippen LogP contribution in [-0.4, -0.2) is 40.6 Å². The molecule has 0 aliphatic heterocycles. The molecule has 2 N–H and O–H groups in total. The van der Waals surface area contributed by atoms with Crippen molar-refractivity contribution in [3.63, 3.8) is 0 Å². The molecular weight excluding hydrogens is 260 g/mol. The number of hydrogen-bond acceptors (Lipinski definition) is 4. The summed E-state index contributed by atoms with van der Waals surface area (Å²) in [6, 6.07) is 1.46. The SMILES string of the molecule is CCCN(CC(N)=S)S(=O)(=O)c1ccnn1C. The fraction of sp³-hybridized carbons (Fsp3) is 0.556. The third kappa shape index (κ3) is 3.24. The molecule has 0 unspecified atom stereocenters. The molecule has 0 amide bonds. The van der Waals surface area contributed by atoms with Crippen LogP contribution in [0.2, 0.25) is 0 Å². The second-order valence-electron chi connectivity index (χ2n) is 3.60. The van der Waals surface area contributed by atoms with E-state index in [0.717, 1.165) is 0 Å². The highest BCUT2D eigenvalue weighted by molar-refractivity contribution is 7.89. The molecule has 0 aliphatic carbocycles. The molecule has 96 valence electrons. The second-order valence-corrected chi connectivity index (χ2v) is 6.01. The average Bonchev–Trinajstić information content (AvgIpc) is 2.63. The lowest BCUT2D eigenvalue weighted by Crippen LogP contribution is -2.38. The third-order valence-electron chi connectivity index (χ3n) is 2.19. The Morgan fingerprint density at radius 2 is 2.29 bits per heavy atom. The number of rotatable bonds is 6. The molecule has 0 radical (unpaired) electrons. The predicted molar refractivity (Wildman–Crippen MR) is 69.0 cm³/mol. The monoisotopic (exact) mass is 276 g/mol. The Bertz CT molecular complexity index is 495. The Hall–Kier alpha value is -0.990. The van der Waals surface area contributed by atoms with Gasteiger partial charge in [-0.25, -0.2) is 8.42 Å². The summed E-state index contributed by atoms with van der Waals surface area (Å²) in [6.45, 7) is 2.33. The highest BCUT2D eigenvalue weighted by atomic mass is 32.2. The van der Waals surface area contributed by atoms with E-state index in [2.05, 4.69) is 5.10 Å². The molecule has 0 fully saturated rings. The van der Waals surface area contributed by atoms with Gasteiger partial charge in [0, 0.05) is 13.6 Å². The maximum atomic E-state index is 12.3. The number of nitrogens with two attached hydrogens (primary N) is 1. The minimum absolute atomic E-state index is 0.0523. The summed E-state index contributed by atoms with van der Waals surface area (Å²) in [7, 11) is -2.00. The van der Waals surface area contributed by atoms with Crippen LogP contribution in [0.4, 0.5) is 0 Å². The molecule has 6 nitrogen and oxygen atoms in total. The Morgan fingerprint density at radius 3 is 2.71 bits per heavy atom. The van der Waals surface area contributed by atoms with E-state index in [4.69, 9.17) is 18.0 Å². The van der Waals surface area contributed by atoms with E-state index in [1.807, 2.05) is 6.92 Å². The van der Waals surface area contributed by atoms with Crippen LogP contribution >= 0.6 is 12.2 Å². The van der Waals surface area contributed by atoms with Gasteiger partial charge in [0.25, 0.3) is 10.0 Å². The van der Waals surface area contributed by atoms with E-state index in [0.29, 0.717) is 13.0 Å². The van der Waals surface area contributed by atoms with Crippen LogP contribution in [0, 0.1) is 0 Å². The van der Waals surface area contributed by atoms with Crippen molar-refractivity contribution >= 4 is 27.2 Å². The van der Waals surface area contributed by atoms with Gasteiger partial charge in [0.1, 0.15) is 0 Å². The van der Waals surface area contributed by atoms with Crippen molar-refractivity contribution in [3.05, 3.63) is 12.3 Å². The number of aryl methyl sites for hydroxylation is 1. The molecule has 1 heterocycles. The van der Waals surface area contributed by atoms with Crippen molar-refractivity contribution in [2.75, 3.05) is 13.1 Å². The summed E-state index contributed by atoms with van der Waals surface area (Å²) in [6.07, 6.45) is 2.14. The van der Waals surface area contributed by atoms with E-state index in [1.165, 1.54) is 21.3 Å². The topological polar surface area (TPSA) is 81.2 Å². The van der Waals surface area contributed by atoms with E-state index in [9.17, 15) is 8.42 Å².